The summed E-state index contributed by atoms with van der Waals surface area (Å²) in [5.41, 5.74) is 0. The number of nitrogens with one attached hydrogen (secondary N) is 2. The van der Waals surface area contributed by atoms with E-state index in [1.165, 1.54) is 6.92 Å². The molecule has 1 amide bonds. The monoisotopic (exact) mass is 186 g/mol. The maximum Gasteiger partial charge on any atom is 0.320 e. The van der Waals surface area contributed by atoms with Crippen LogP contribution in [-0.4, -0.2) is 36.1 Å². The Morgan fingerprint density at radius 1 is 1.62 bits per heavy atom. The lowest BCUT2D eigenvalue weighted by atomic mass is 10.3. The molecule has 0 radical (unpaired) electrons. The zero-order valence-corrected chi connectivity index (χ0v) is 7.54. The Bertz CT molecular complexity index is 204. The van der Waals surface area contributed by atoms with E-state index >= 15 is 0 Å². The highest BCUT2D eigenvalue weighted by Gasteiger charge is 2.10. The SMILES string of the molecule is C=CCNC(=O)CN[C@H](C)C(=O)O. The second kappa shape index (κ2) is 6.19. The summed E-state index contributed by atoms with van der Waals surface area (Å²) in [5, 5.41) is 13.5. The van der Waals surface area contributed by atoms with E-state index in [9.17, 15) is 9.59 Å². The minimum atomic E-state index is -0.975. The summed E-state index contributed by atoms with van der Waals surface area (Å²) >= 11 is 0. The van der Waals surface area contributed by atoms with Crippen molar-refractivity contribution in [2.75, 3.05) is 13.1 Å². The second-order valence-electron chi connectivity index (χ2n) is 2.53. The van der Waals surface area contributed by atoms with Gasteiger partial charge in [0.15, 0.2) is 0 Å². The fraction of sp³-hybridized carbons (Fsp3) is 0.500. The summed E-state index contributed by atoms with van der Waals surface area (Å²) in [7, 11) is 0. The predicted molar refractivity (Wildman–Crippen MR) is 48.3 cm³/mol. The van der Waals surface area contributed by atoms with Crippen LogP contribution in [0.2, 0.25) is 0 Å². The Kier molecular flexibility index (Phi) is 5.54. The Morgan fingerprint density at radius 2 is 2.23 bits per heavy atom. The first-order chi connectivity index (χ1) is 6.07. The third-order valence-corrected chi connectivity index (χ3v) is 1.38. The van der Waals surface area contributed by atoms with Gasteiger partial charge < -0.3 is 10.4 Å². The van der Waals surface area contributed by atoms with Crippen molar-refractivity contribution in [3.63, 3.8) is 0 Å². The van der Waals surface area contributed by atoms with Crippen molar-refractivity contribution in [3.05, 3.63) is 12.7 Å². The normalized spacial score (nSPS) is 11.8. The highest BCUT2D eigenvalue weighted by molar-refractivity contribution is 5.79. The molecular formula is C8H14N2O3. The molecule has 0 unspecified atom stereocenters. The van der Waals surface area contributed by atoms with Crippen LogP contribution in [0.1, 0.15) is 6.92 Å². The van der Waals surface area contributed by atoms with Gasteiger partial charge in [-0.2, -0.15) is 0 Å². The van der Waals surface area contributed by atoms with E-state index in [1.807, 2.05) is 0 Å². The van der Waals surface area contributed by atoms with E-state index in [0.29, 0.717) is 6.54 Å². The third kappa shape index (κ3) is 5.86. The molecular weight excluding hydrogens is 172 g/mol. The molecule has 0 saturated heterocycles. The van der Waals surface area contributed by atoms with E-state index in [0.717, 1.165) is 0 Å². The molecule has 0 aromatic heterocycles. The van der Waals surface area contributed by atoms with E-state index in [-0.39, 0.29) is 12.5 Å². The van der Waals surface area contributed by atoms with Gasteiger partial charge in [-0.1, -0.05) is 6.08 Å². The lowest BCUT2D eigenvalue weighted by molar-refractivity contribution is -0.139. The molecule has 0 saturated carbocycles. The summed E-state index contributed by atoms with van der Waals surface area (Å²) in [6.07, 6.45) is 1.55. The average molecular weight is 186 g/mol. The Balaban J connectivity index is 3.57. The van der Waals surface area contributed by atoms with E-state index in [1.54, 1.807) is 6.08 Å². The van der Waals surface area contributed by atoms with Crippen LogP contribution in [0.5, 0.6) is 0 Å². The number of hydrogen-bond donors (Lipinski definition) is 3. The number of hydrogen-bond acceptors (Lipinski definition) is 3. The van der Waals surface area contributed by atoms with E-state index in [4.69, 9.17) is 5.11 Å². The largest absolute Gasteiger partial charge is 0.480 e. The molecule has 0 bridgehead atoms. The van der Waals surface area contributed by atoms with Crippen molar-refractivity contribution >= 4 is 11.9 Å². The fourth-order valence-corrected chi connectivity index (χ4v) is 0.582. The molecule has 0 aliphatic heterocycles. The number of carboxylic acid groups (broad SMARTS) is 1. The Morgan fingerprint density at radius 3 is 2.69 bits per heavy atom. The molecule has 0 fully saturated rings. The number of carbonyl (C=O) groups excluding carboxylic acids is 1. The van der Waals surface area contributed by atoms with Gasteiger partial charge in [0.25, 0.3) is 0 Å². The molecule has 13 heavy (non-hydrogen) atoms. The number of rotatable bonds is 6. The molecule has 0 aromatic carbocycles. The maximum atomic E-state index is 10.9. The number of aliphatic carboxylic acids is 1. The van der Waals surface area contributed by atoms with Crippen LogP contribution >= 0.6 is 0 Å². The van der Waals surface area contributed by atoms with Crippen molar-refractivity contribution < 1.29 is 14.7 Å². The molecule has 74 valence electrons. The van der Waals surface area contributed by atoms with Crippen LogP contribution in [0.25, 0.3) is 0 Å². The van der Waals surface area contributed by atoms with Gasteiger partial charge in [-0.3, -0.25) is 14.9 Å². The van der Waals surface area contributed by atoms with Crippen LogP contribution in [0.4, 0.5) is 0 Å². The number of carbonyl (C=O) groups is 2. The van der Waals surface area contributed by atoms with Crippen molar-refractivity contribution in [3.8, 4) is 0 Å². The van der Waals surface area contributed by atoms with Crippen molar-refractivity contribution in [1.82, 2.24) is 10.6 Å². The van der Waals surface area contributed by atoms with Crippen molar-refractivity contribution in [2.24, 2.45) is 0 Å². The standard InChI is InChI=1S/C8H14N2O3/c1-3-4-9-7(11)5-10-6(2)8(12)13/h3,6,10H,1,4-5H2,2H3,(H,9,11)(H,12,13)/t6-/m1/s1. The average Bonchev–Trinajstić information content (AvgIpc) is 2.10. The fourth-order valence-electron chi connectivity index (χ4n) is 0.582. The zero-order chi connectivity index (χ0) is 10.3. The molecule has 0 heterocycles. The van der Waals surface area contributed by atoms with Crippen LogP contribution in [-0.2, 0) is 9.59 Å². The summed E-state index contributed by atoms with van der Waals surface area (Å²) in [4.78, 5) is 21.2. The first-order valence-corrected chi connectivity index (χ1v) is 3.91. The summed E-state index contributed by atoms with van der Waals surface area (Å²) in [6.45, 7) is 5.29. The smallest absolute Gasteiger partial charge is 0.320 e. The molecule has 0 aromatic rings. The van der Waals surface area contributed by atoms with Gasteiger partial charge in [0.2, 0.25) is 5.91 Å². The van der Waals surface area contributed by atoms with E-state index < -0.39 is 12.0 Å². The minimum Gasteiger partial charge on any atom is -0.480 e. The van der Waals surface area contributed by atoms with Gasteiger partial charge in [0.05, 0.1) is 6.54 Å². The zero-order valence-electron chi connectivity index (χ0n) is 7.54. The summed E-state index contributed by atoms with van der Waals surface area (Å²) in [6, 6.07) is -0.713. The minimum absolute atomic E-state index is 0.00130. The van der Waals surface area contributed by atoms with Crippen molar-refractivity contribution in [1.29, 1.82) is 0 Å². The van der Waals surface area contributed by atoms with Gasteiger partial charge in [0.1, 0.15) is 6.04 Å². The van der Waals surface area contributed by atoms with Gasteiger partial charge in [-0.05, 0) is 6.92 Å². The maximum absolute atomic E-state index is 10.9. The Labute approximate surface area is 76.8 Å². The Hall–Kier alpha value is -1.36. The van der Waals surface area contributed by atoms with E-state index in [2.05, 4.69) is 17.2 Å². The number of amides is 1. The molecule has 0 aliphatic rings. The molecule has 0 aliphatic carbocycles. The van der Waals surface area contributed by atoms with Gasteiger partial charge in [-0.15, -0.1) is 6.58 Å². The lowest BCUT2D eigenvalue weighted by Gasteiger charge is -2.08. The summed E-state index contributed by atoms with van der Waals surface area (Å²) in [5.74, 6) is -1.22. The van der Waals surface area contributed by atoms with Crippen LogP contribution in [0.3, 0.4) is 0 Å². The molecule has 3 N–H and O–H groups in total. The van der Waals surface area contributed by atoms with Crippen LogP contribution in [0.15, 0.2) is 12.7 Å². The topological polar surface area (TPSA) is 78.4 Å². The molecule has 5 heteroatoms. The first kappa shape index (κ1) is 11.6. The first-order valence-electron chi connectivity index (χ1n) is 3.91. The highest BCUT2D eigenvalue weighted by Crippen LogP contribution is 1.79. The van der Waals surface area contributed by atoms with Gasteiger partial charge >= 0.3 is 5.97 Å². The second-order valence-corrected chi connectivity index (χ2v) is 2.53. The van der Waals surface area contributed by atoms with Crippen LogP contribution < -0.4 is 10.6 Å². The number of carboxylic acids is 1. The summed E-state index contributed by atoms with van der Waals surface area (Å²) < 4.78 is 0. The van der Waals surface area contributed by atoms with Crippen molar-refractivity contribution in [2.45, 2.75) is 13.0 Å². The van der Waals surface area contributed by atoms with Gasteiger partial charge in [0, 0.05) is 6.54 Å². The molecule has 1 atom stereocenters. The predicted octanol–water partition coefficient (Wildman–Crippen LogP) is -0.649. The third-order valence-electron chi connectivity index (χ3n) is 1.38. The highest BCUT2D eigenvalue weighted by atomic mass is 16.4. The molecule has 0 rings (SSSR count). The van der Waals surface area contributed by atoms with Gasteiger partial charge in [-0.25, -0.2) is 0 Å². The molecule has 0 spiro atoms. The lowest BCUT2D eigenvalue weighted by Crippen LogP contribution is -2.41. The molecule has 5 nitrogen and oxygen atoms in total. The quantitative estimate of drug-likeness (QED) is 0.482. The van der Waals surface area contributed by atoms with Crippen LogP contribution in [0, 0.1) is 0 Å².